The second-order valence-corrected chi connectivity index (χ2v) is 6.15. The van der Waals surface area contributed by atoms with Crippen molar-refractivity contribution in [3.63, 3.8) is 0 Å². The Morgan fingerprint density at radius 1 is 1.16 bits per heavy atom. The molecule has 0 aliphatic heterocycles. The first-order valence-electron chi connectivity index (χ1n) is 7.33. The molecule has 128 valence electrons. The lowest BCUT2D eigenvalue weighted by Gasteiger charge is -2.13. The molecule has 0 aliphatic carbocycles. The van der Waals surface area contributed by atoms with Crippen molar-refractivity contribution in [1.29, 1.82) is 0 Å². The number of nitrogens with zero attached hydrogens (tertiary/aromatic N) is 3. The van der Waals surface area contributed by atoms with Crippen LogP contribution in [0, 0.1) is 10.1 Å². The molecule has 0 saturated carbocycles. The Balaban J connectivity index is 1.85. The molecule has 0 bridgehead atoms. The number of hydrogen-bond donors (Lipinski definition) is 0. The summed E-state index contributed by atoms with van der Waals surface area (Å²) in [6, 6.07) is 9.66. The fourth-order valence-corrected chi connectivity index (χ4v) is 2.78. The standard InChI is InChI=1S/C17H13Cl2N3O3/c18-14-2-1-12(16(19)8-14)10-25-17-4-3-15(22(23)24)7-13(17)9-21-6-5-20-11-21/h1-8,11H,9-10H2. The van der Waals surface area contributed by atoms with E-state index < -0.39 is 4.92 Å². The molecule has 0 fully saturated rings. The molecule has 0 atom stereocenters. The van der Waals surface area contributed by atoms with E-state index in [-0.39, 0.29) is 12.3 Å². The van der Waals surface area contributed by atoms with Crippen molar-refractivity contribution in [2.75, 3.05) is 0 Å². The van der Waals surface area contributed by atoms with Crippen LogP contribution in [0.1, 0.15) is 11.1 Å². The normalized spacial score (nSPS) is 10.6. The largest absolute Gasteiger partial charge is 0.488 e. The Morgan fingerprint density at radius 3 is 2.68 bits per heavy atom. The van der Waals surface area contributed by atoms with E-state index in [1.54, 1.807) is 47.6 Å². The molecular formula is C17H13Cl2N3O3. The van der Waals surface area contributed by atoms with Crippen molar-refractivity contribution in [2.24, 2.45) is 0 Å². The number of non-ortho nitro benzene ring substituents is 1. The second kappa shape index (κ2) is 7.55. The zero-order chi connectivity index (χ0) is 17.8. The summed E-state index contributed by atoms with van der Waals surface area (Å²) in [6.45, 7) is 0.635. The number of rotatable bonds is 6. The molecule has 3 aromatic rings. The third-order valence-corrected chi connectivity index (χ3v) is 4.15. The minimum atomic E-state index is -0.433. The van der Waals surface area contributed by atoms with Crippen molar-refractivity contribution in [2.45, 2.75) is 13.2 Å². The fourth-order valence-electron chi connectivity index (χ4n) is 2.31. The smallest absolute Gasteiger partial charge is 0.270 e. The average Bonchev–Trinajstić information content (AvgIpc) is 3.08. The summed E-state index contributed by atoms with van der Waals surface area (Å²) in [5.74, 6) is 0.547. The van der Waals surface area contributed by atoms with Crippen LogP contribution in [0.25, 0.3) is 0 Å². The monoisotopic (exact) mass is 377 g/mol. The van der Waals surface area contributed by atoms with Crippen LogP contribution >= 0.6 is 23.2 Å². The number of nitro groups is 1. The van der Waals surface area contributed by atoms with E-state index in [0.717, 1.165) is 5.56 Å². The van der Waals surface area contributed by atoms with Crippen molar-refractivity contribution in [1.82, 2.24) is 9.55 Å². The molecule has 0 spiro atoms. The minimum Gasteiger partial charge on any atom is -0.488 e. The first kappa shape index (κ1) is 17.3. The number of imidazole rings is 1. The molecule has 0 radical (unpaired) electrons. The molecule has 0 unspecified atom stereocenters. The van der Waals surface area contributed by atoms with Gasteiger partial charge in [0.25, 0.3) is 5.69 Å². The summed E-state index contributed by atoms with van der Waals surface area (Å²) in [5, 5.41) is 12.1. The molecule has 6 nitrogen and oxygen atoms in total. The van der Waals surface area contributed by atoms with Gasteiger partial charge in [-0.05, 0) is 18.2 Å². The van der Waals surface area contributed by atoms with Crippen LogP contribution in [-0.4, -0.2) is 14.5 Å². The predicted octanol–water partition coefficient (Wildman–Crippen LogP) is 4.73. The number of benzene rings is 2. The van der Waals surface area contributed by atoms with Gasteiger partial charge in [-0.25, -0.2) is 4.98 Å². The zero-order valence-corrected chi connectivity index (χ0v) is 14.4. The number of ether oxygens (including phenoxy) is 1. The zero-order valence-electron chi connectivity index (χ0n) is 12.9. The maximum Gasteiger partial charge on any atom is 0.270 e. The molecule has 0 aliphatic rings. The first-order chi connectivity index (χ1) is 12.0. The van der Waals surface area contributed by atoms with Crippen LogP contribution in [-0.2, 0) is 13.2 Å². The maximum atomic E-state index is 11.0. The Labute approximate surface area is 153 Å². The van der Waals surface area contributed by atoms with Gasteiger partial charge in [0.1, 0.15) is 12.4 Å². The van der Waals surface area contributed by atoms with Gasteiger partial charge in [-0.1, -0.05) is 29.3 Å². The number of hydrogen-bond acceptors (Lipinski definition) is 4. The highest BCUT2D eigenvalue weighted by atomic mass is 35.5. The van der Waals surface area contributed by atoms with Gasteiger partial charge in [-0.2, -0.15) is 0 Å². The molecule has 0 N–H and O–H groups in total. The highest BCUT2D eigenvalue weighted by Crippen LogP contribution is 2.27. The van der Waals surface area contributed by atoms with E-state index >= 15 is 0 Å². The van der Waals surface area contributed by atoms with Gasteiger partial charge in [-0.15, -0.1) is 0 Å². The molecule has 1 heterocycles. The third-order valence-electron chi connectivity index (χ3n) is 3.57. The van der Waals surface area contributed by atoms with Crippen LogP contribution < -0.4 is 4.74 Å². The van der Waals surface area contributed by atoms with Gasteiger partial charge in [0.2, 0.25) is 0 Å². The van der Waals surface area contributed by atoms with E-state index in [4.69, 9.17) is 27.9 Å². The Morgan fingerprint density at radius 2 is 2.00 bits per heavy atom. The molecular weight excluding hydrogens is 365 g/mol. The Bertz CT molecular complexity index is 898. The van der Waals surface area contributed by atoms with Crippen molar-refractivity contribution in [3.8, 4) is 5.75 Å². The Hall–Kier alpha value is -2.57. The second-order valence-electron chi connectivity index (χ2n) is 5.31. The van der Waals surface area contributed by atoms with Gasteiger partial charge >= 0.3 is 0 Å². The van der Waals surface area contributed by atoms with Gasteiger partial charge in [0.05, 0.1) is 17.8 Å². The van der Waals surface area contributed by atoms with E-state index in [0.29, 0.717) is 27.9 Å². The van der Waals surface area contributed by atoms with Crippen LogP contribution in [0.15, 0.2) is 55.1 Å². The highest BCUT2D eigenvalue weighted by molar-refractivity contribution is 6.35. The van der Waals surface area contributed by atoms with E-state index in [9.17, 15) is 10.1 Å². The molecule has 3 rings (SSSR count). The number of aromatic nitrogens is 2. The van der Waals surface area contributed by atoms with Gasteiger partial charge in [0, 0.05) is 45.7 Å². The fraction of sp³-hybridized carbons (Fsp3) is 0.118. The van der Waals surface area contributed by atoms with E-state index in [1.807, 2.05) is 0 Å². The topological polar surface area (TPSA) is 70.2 Å². The Kier molecular flexibility index (Phi) is 5.21. The van der Waals surface area contributed by atoms with Gasteiger partial charge in [0.15, 0.2) is 0 Å². The van der Waals surface area contributed by atoms with E-state index in [2.05, 4.69) is 4.98 Å². The molecule has 1 aromatic heterocycles. The van der Waals surface area contributed by atoms with Crippen molar-refractivity contribution in [3.05, 3.63) is 86.4 Å². The molecule has 0 amide bonds. The minimum absolute atomic E-state index is 0.00647. The predicted molar refractivity (Wildman–Crippen MR) is 95.2 cm³/mol. The molecule has 25 heavy (non-hydrogen) atoms. The molecule has 2 aromatic carbocycles. The van der Waals surface area contributed by atoms with Gasteiger partial charge in [-0.3, -0.25) is 10.1 Å². The highest BCUT2D eigenvalue weighted by Gasteiger charge is 2.13. The number of nitro benzene ring substituents is 1. The SMILES string of the molecule is O=[N+]([O-])c1ccc(OCc2ccc(Cl)cc2Cl)c(Cn2ccnc2)c1. The summed E-state index contributed by atoms with van der Waals surface area (Å²) in [4.78, 5) is 14.6. The molecule has 8 heteroatoms. The summed E-state index contributed by atoms with van der Waals surface area (Å²) < 4.78 is 7.65. The summed E-state index contributed by atoms with van der Waals surface area (Å²) in [5.41, 5.74) is 1.46. The third kappa shape index (κ3) is 4.29. The lowest BCUT2D eigenvalue weighted by molar-refractivity contribution is -0.384. The van der Waals surface area contributed by atoms with Crippen molar-refractivity contribution < 1.29 is 9.66 Å². The summed E-state index contributed by atoms with van der Waals surface area (Å²) in [7, 11) is 0. The van der Waals surface area contributed by atoms with Crippen LogP contribution in [0.2, 0.25) is 10.0 Å². The van der Waals surface area contributed by atoms with Crippen molar-refractivity contribution >= 4 is 28.9 Å². The average molecular weight is 378 g/mol. The van der Waals surface area contributed by atoms with Crippen LogP contribution in [0.5, 0.6) is 5.75 Å². The number of halogens is 2. The first-order valence-corrected chi connectivity index (χ1v) is 8.08. The lowest BCUT2D eigenvalue weighted by atomic mass is 10.1. The van der Waals surface area contributed by atoms with Gasteiger partial charge < -0.3 is 9.30 Å². The quantitative estimate of drug-likeness (QED) is 0.460. The van der Waals surface area contributed by atoms with E-state index in [1.165, 1.54) is 12.1 Å². The summed E-state index contributed by atoms with van der Waals surface area (Å²) in [6.07, 6.45) is 5.06. The maximum absolute atomic E-state index is 11.0. The summed E-state index contributed by atoms with van der Waals surface area (Å²) >= 11 is 12.0. The van der Waals surface area contributed by atoms with Crippen LogP contribution in [0.4, 0.5) is 5.69 Å². The van der Waals surface area contributed by atoms with Crippen LogP contribution in [0.3, 0.4) is 0 Å². The lowest BCUT2D eigenvalue weighted by Crippen LogP contribution is -2.04. The molecule has 0 saturated heterocycles.